The van der Waals surface area contributed by atoms with Gasteiger partial charge in [-0.3, -0.25) is 14.2 Å². The van der Waals surface area contributed by atoms with Crippen LogP contribution in [0.25, 0.3) is 10.2 Å². The highest BCUT2D eigenvalue weighted by molar-refractivity contribution is 7.20. The van der Waals surface area contributed by atoms with Gasteiger partial charge in [0, 0.05) is 19.5 Å². The van der Waals surface area contributed by atoms with Gasteiger partial charge < -0.3 is 5.32 Å². The fraction of sp³-hybridized carbons (Fsp3) is 0.611. The van der Waals surface area contributed by atoms with Gasteiger partial charge in [-0.25, -0.2) is 4.98 Å². The van der Waals surface area contributed by atoms with Crippen LogP contribution in [0.5, 0.6) is 0 Å². The summed E-state index contributed by atoms with van der Waals surface area (Å²) in [5.74, 6) is 1.34. The molecule has 1 amide bonds. The molecule has 6 heteroatoms. The summed E-state index contributed by atoms with van der Waals surface area (Å²) in [5.41, 5.74) is 0.793. The minimum Gasteiger partial charge on any atom is -0.351 e. The normalized spacial score (nSPS) is 14.7. The number of amides is 1. The molecule has 0 atom stereocenters. The molecule has 24 heavy (non-hydrogen) atoms. The van der Waals surface area contributed by atoms with Crippen LogP contribution < -0.4 is 10.9 Å². The molecule has 1 aliphatic heterocycles. The molecule has 1 aliphatic rings. The van der Waals surface area contributed by atoms with E-state index < -0.39 is 0 Å². The first-order valence-corrected chi connectivity index (χ1v) is 9.61. The SMILES string of the molecule is Cc1c(C(=O)NCCC(C)C)sc2nc3n(c(=O)c12)CCCCC3. The zero-order chi connectivity index (χ0) is 17.3. The molecule has 0 aromatic carbocycles. The van der Waals surface area contributed by atoms with Crippen LogP contribution >= 0.6 is 11.3 Å². The first-order chi connectivity index (χ1) is 11.5. The van der Waals surface area contributed by atoms with E-state index in [9.17, 15) is 9.59 Å². The number of aromatic nitrogens is 2. The van der Waals surface area contributed by atoms with Gasteiger partial charge in [-0.05, 0) is 37.7 Å². The molecule has 2 aromatic heterocycles. The minimum atomic E-state index is -0.0873. The number of rotatable bonds is 4. The van der Waals surface area contributed by atoms with Crippen molar-refractivity contribution in [3.8, 4) is 0 Å². The van der Waals surface area contributed by atoms with Crippen LogP contribution in [0.15, 0.2) is 4.79 Å². The number of thiophene rings is 1. The largest absolute Gasteiger partial charge is 0.351 e. The van der Waals surface area contributed by atoms with Gasteiger partial charge in [-0.1, -0.05) is 20.3 Å². The lowest BCUT2D eigenvalue weighted by Gasteiger charge is -2.08. The summed E-state index contributed by atoms with van der Waals surface area (Å²) in [4.78, 5) is 31.4. The standard InChI is InChI=1S/C18H25N3O2S/c1-11(2)8-9-19-16(22)15-12(3)14-17(24-15)20-13-7-5-4-6-10-21(13)18(14)23/h11H,4-10H2,1-3H3,(H,19,22). The molecular weight excluding hydrogens is 322 g/mol. The summed E-state index contributed by atoms with van der Waals surface area (Å²) in [6, 6.07) is 0. The Morgan fingerprint density at radius 1 is 1.33 bits per heavy atom. The van der Waals surface area contributed by atoms with Gasteiger partial charge in [0.15, 0.2) is 0 Å². The van der Waals surface area contributed by atoms with E-state index in [4.69, 9.17) is 4.98 Å². The third kappa shape index (κ3) is 3.24. The van der Waals surface area contributed by atoms with Gasteiger partial charge in [0.05, 0.1) is 10.3 Å². The summed E-state index contributed by atoms with van der Waals surface area (Å²) >= 11 is 1.35. The summed E-state index contributed by atoms with van der Waals surface area (Å²) in [6.07, 6.45) is 5.03. The number of hydrogen-bond acceptors (Lipinski definition) is 4. The molecule has 3 heterocycles. The summed E-state index contributed by atoms with van der Waals surface area (Å²) in [5, 5.41) is 3.59. The molecule has 0 spiro atoms. The molecule has 0 aliphatic carbocycles. The van der Waals surface area contributed by atoms with Gasteiger partial charge in [-0.2, -0.15) is 0 Å². The van der Waals surface area contributed by atoms with Gasteiger partial charge in [-0.15, -0.1) is 11.3 Å². The quantitative estimate of drug-likeness (QED) is 0.923. The molecule has 1 N–H and O–H groups in total. The highest BCUT2D eigenvalue weighted by Crippen LogP contribution is 2.28. The van der Waals surface area contributed by atoms with Crippen LogP contribution in [0.1, 0.15) is 60.6 Å². The van der Waals surface area contributed by atoms with Gasteiger partial charge in [0.25, 0.3) is 11.5 Å². The maximum atomic E-state index is 12.9. The predicted molar refractivity (Wildman–Crippen MR) is 98.0 cm³/mol. The number of fused-ring (bicyclic) bond motifs is 2. The second kappa shape index (κ2) is 7.05. The van der Waals surface area contributed by atoms with Crippen molar-refractivity contribution in [1.29, 1.82) is 0 Å². The highest BCUT2D eigenvalue weighted by atomic mass is 32.1. The molecule has 0 fully saturated rings. The minimum absolute atomic E-state index is 0.0203. The Kier molecular flexibility index (Phi) is 5.04. The van der Waals surface area contributed by atoms with Crippen LogP contribution in [-0.2, 0) is 13.0 Å². The number of aryl methyl sites for hydroxylation is 2. The topological polar surface area (TPSA) is 64.0 Å². The van der Waals surface area contributed by atoms with Crippen LogP contribution in [-0.4, -0.2) is 22.0 Å². The van der Waals surface area contributed by atoms with E-state index in [1.807, 2.05) is 11.5 Å². The summed E-state index contributed by atoms with van der Waals surface area (Å²) in [6.45, 7) is 7.53. The second-order valence-electron chi connectivity index (χ2n) is 6.97. The zero-order valence-corrected chi connectivity index (χ0v) is 15.5. The lowest BCUT2D eigenvalue weighted by Crippen LogP contribution is -2.26. The van der Waals surface area contributed by atoms with Crippen molar-refractivity contribution >= 4 is 27.5 Å². The molecule has 3 rings (SSSR count). The maximum absolute atomic E-state index is 12.9. The Labute approximate surface area is 146 Å². The molecule has 0 saturated carbocycles. The molecule has 0 radical (unpaired) electrons. The third-order valence-electron chi connectivity index (χ3n) is 4.62. The van der Waals surface area contributed by atoms with Gasteiger partial charge >= 0.3 is 0 Å². The number of carbonyl (C=O) groups excluding carboxylic acids is 1. The first kappa shape index (κ1) is 17.1. The Morgan fingerprint density at radius 3 is 2.88 bits per heavy atom. The molecule has 0 unspecified atom stereocenters. The van der Waals surface area contributed by atoms with Crippen molar-refractivity contribution in [1.82, 2.24) is 14.9 Å². The van der Waals surface area contributed by atoms with Crippen molar-refractivity contribution in [2.75, 3.05) is 6.54 Å². The Bertz CT molecular complexity index is 820. The molecule has 5 nitrogen and oxygen atoms in total. The van der Waals surface area contributed by atoms with E-state index in [-0.39, 0.29) is 11.5 Å². The Balaban J connectivity index is 1.97. The summed E-state index contributed by atoms with van der Waals surface area (Å²) < 4.78 is 1.81. The first-order valence-electron chi connectivity index (χ1n) is 8.80. The lowest BCUT2D eigenvalue weighted by atomic mass is 10.1. The van der Waals surface area contributed by atoms with Crippen molar-refractivity contribution in [3.05, 3.63) is 26.6 Å². The molecular formula is C18H25N3O2S. The maximum Gasteiger partial charge on any atom is 0.262 e. The van der Waals surface area contributed by atoms with Crippen molar-refractivity contribution < 1.29 is 4.79 Å². The number of hydrogen-bond donors (Lipinski definition) is 1. The van der Waals surface area contributed by atoms with E-state index in [0.717, 1.165) is 50.0 Å². The van der Waals surface area contributed by atoms with Crippen LogP contribution in [0.2, 0.25) is 0 Å². The molecule has 130 valence electrons. The molecule has 0 saturated heterocycles. The van der Waals surface area contributed by atoms with Crippen molar-refractivity contribution in [2.24, 2.45) is 5.92 Å². The number of nitrogens with zero attached hydrogens (tertiary/aromatic N) is 2. The van der Waals surface area contributed by atoms with Gasteiger partial charge in [0.1, 0.15) is 10.7 Å². The van der Waals surface area contributed by atoms with Gasteiger partial charge in [0.2, 0.25) is 0 Å². The zero-order valence-electron chi connectivity index (χ0n) is 14.6. The van der Waals surface area contributed by atoms with E-state index in [1.54, 1.807) is 0 Å². The predicted octanol–water partition coefficient (Wildman–Crippen LogP) is 3.27. The monoisotopic (exact) mass is 347 g/mol. The van der Waals surface area contributed by atoms with E-state index in [1.165, 1.54) is 11.3 Å². The summed E-state index contributed by atoms with van der Waals surface area (Å²) in [7, 11) is 0. The van der Waals surface area contributed by atoms with Crippen molar-refractivity contribution in [2.45, 2.75) is 59.4 Å². The van der Waals surface area contributed by atoms with Crippen LogP contribution in [0.3, 0.4) is 0 Å². The van der Waals surface area contributed by atoms with Crippen LogP contribution in [0.4, 0.5) is 0 Å². The Morgan fingerprint density at radius 2 is 2.12 bits per heavy atom. The molecule has 2 aromatic rings. The van der Waals surface area contributed by atoms with E-state index >= 15 is 0 Å². The smallest absolute Gasteiger partial charge is 0.262 e. The average molecular weight is 347 g/mol. The van der Waals surface area contributed by atoms with Crippen LogP contribution in [0, 0.1) is 12.8 Å². The second-order valence-corrected chi connectivity index (χ2v) is 7.97. The highest BCUT2D eigenvalue weighted by Gasteiger charge is 2.22. The number of nitrogens with one attached hydrogen (secondary N) is 1. The van der Waals surface area contributed by atoms with E-state index in [2.05, 4.69) is 19.2 Å². The lowest BCUT2D eigenvalue weighted by molar-refractivity contribution is 0.0955. The molecule has 0 bridgehead atoms. The van der Waals surface area contributed by atoms with Crippen molar-refractivity contribution in [3.63, 3.8) is 0 Å². The fourth-order valence-corrected chi connectivity index (χ4v) is 4.29. The Hall–Kier alpha value is -1.69. The van der Waals surface area contributed by atoms with E-state index in [0.29, 0.717) is 27.6 Å². The number of carbonyl (C=O) groups is 1. The fourth-order valence-electron chi connectivity index (χ4n) is 3.18. The third-order valence-corrected chi connectivity index (χ3v) is 5.81. The average Bonchev–Trinajstić information content (AvgIpc) is 2.70.